The van der Waals surface area contributed by atoms with E-state index in [2.05, 4.69) is 31.0 Å². The van der Waals surface area contributed by atoms with Gasteiger partial charge in [-0.1, -0.05) is 32.6 Å². The number of rotatable bonds is 13. The summed E-state index contributed by atoms with van der Waals surface area (Å²) >= 11 is 0. The molecule has 130 valence electrons. The average Bonchev–Trinajstić information content (AvgIpc) is 2.43. The fourth-order valence-electron chi connectivity index (χ4n) is 2.84. The van der Waals surface area contributed by atoms with Crippen molar-refractivity contribution in [3.63, 3.8) is 0 Å². The maximum atomic E-state index is 11.9. The molecule has 1 amide bonds. The van der Waals surface area contributed by atoms with Crippen LogP contribution in [-0.2, 0) is 9.53 Å². The molecule has 1 N–H and O–H groups in total. The molecule has 1 aliphatic rings. The van der Waals surface area contributed by atoms with Crippen LogP contribution in [0.15, 0.2) is 0 Å². The van der Waals surface area contributed by atoms with Crippen molar-refractivity contribution in [1.29, 1.82) is 0 Å². The molecular weight excluding hydrogens is 276 g/mol. The van der Waals surface area contributed by atoms with Crippen LogP contribution in [0.3, 0.4) is 0 Å². The molecule has 0 spiro atoms. The van der Waals surface area contributed by atoms with Gasteiger partial charge in [0.05, 0.1) is 12.0 Å². The van der Waals surface area contributed by atoms with Gasteiger partial charge in [-0.05, 0) is 39.7 Å². The van der Waals surface area contributed by atoms with E-state index in [4.69, 9.17) is 4.74 Å². The van der Waals surface area contributed by atoms with Gasteiger partial charge in [-0.15, -0.1) is 0 Å². The van der Waals surface area contributed by atoms with Crippen molar-refractivity contribution >= 4 is 5.91 Å². The highest BCUT2D eigenvalue weighted by molar-refractivity contribution is 5.79. The van der Waals surface area contributed by atoms with Crippen LogP contribution in [0.1, 0.15) is 65.7 Å². The number of nitrogens with one attached hydrogen (secondary N) is 1. The van der Waals surface area contributed by atoms with Gasteiger partial charge in [0.15, 0.2) is 0 Å². The Morgan fingerprint density at radius 1 is 1.14 bits per heavy atom. The van der Waals surface area contributed by atoms with E-state index in [1.807, 2.05) is 0 Å². The maximum Gasteiger partial charge on any atom is 0.225 e. The number of ether oxygens (including phenoxy) is 1. The minimum absolute atomic E-state index is 0.243. The molecule has 0 aromatic rings. The first kappa shape index (κ1) is 19.4. The summed E-state index contributed by atoms with van der Waals surface area (Å²) in [6.45, 7) is 11.1. The summed E-state index contributed by atoms with van der Waals surface area (Å²) in [4.78, 5) is 14.2. The molecule has 1 heterocycles. The van der Waals surface area contributed by atoms with Crippen molar-refractivity contribution in [1.82, 2.24) is 10.2 Å². The molecule has 0 aromatic carbocycles. The molecule has 1 aliphatic heterocycles. The zero-order valence-corrected chi connectivity index (χ0v) is 14.9. The molecule has 0 aliphatic carbocycles. The monoisotopic (exact) mass is 312 g/mol. The predicted octanol–water partition coefficient (Wildman–Crippen LogP) is 3.21. The highest BCUT2D eigenvalue weighted by Crippen LogP contribution is 2.15. The topological polar surface area (TPSA) is 41.6 Å². The van der Waals surface area contributed by atoms with E-state index in [1.54, 1.807) is 0 Å². The number of carbonyl (C=O) groups is 1. The number of unbranched alkanes of at least 4 members (excludes halogenated alkanes) is 5. The highest BCUT2D eigenvalue weighted by atomic mass is 16.5. The van der Waals surface area contributed by atoms with Crippen molar-refractivity contribution in [2.75, 3.05) is 32.8 Å². The molecule has 0 bridgehead atoms. The Labute approximate surface area is 137 Å². The number of likely N-dealkylation sites (tertiary alicyclic amines) is 1. The van der Waals surface area contributed by atoms with Gasteiger partial charge in [-0.2, -0.15) is 0 Å². The normalized spacial score (nSPS) is 16.0. The van der Waals surface area contributed by atoms with E-state index in [-0.39, 0.29) is 11.8 Å². The van der Waals surface area contributed by atoms with Crippen LogP contribution in [-0.4, -0.2) is 49.7 Å². The SMILES string of the molecule is CCCN1CC(C(=O)NCCCCCCCCOC(C)C)C1. The Bertz CT molecular complexity index is 289. The van der Waals surface area contributed by atoms with Crippen LogP contribution in [0.2, 0.25) is 0 Å². The first-order valence-electron chi connectivity index (χ1n) is 9.25. The Balaban J connectivity index is 1.81. The van der Waals surface area contributed by atoms with E-state index in [0.717, 1.165) is 39.2 Å². The minimum atomic E-state index is 0.243. The van der Waals surface area contributed by atoms with Crippen molar-refractivity contribution in [3.05, 3.63) is 0 Å². The third-order valence-corrected chi connectivity index (χ3v) is 4.19. The zero-order valence-electron chi connectivity index (χ0n) is 14.9. The lowest BCUT2D eigenvalue weighted by molar-refractivity contribution is -0.130. The third kappa shape index (κ3) is 8.74. The Kier molecular flexibility index (Phi) is 10.5. The number of carbonyl (C=O) groups excluding carboxylic acids is 1. The van der Waals surface area contributed by atoms with Crippen molar-refractivity contribution < 1.29 is 9.53 Å². The average molecular weight is 312 g/mol. The van der Waals surface area contributed by atoms with Crippen molar-refractivity contribution in [2.45, 2.75) is 71.8 Å². The highest BCUT2D eigenvalue weighted by Gasteiger charge is 2.31. The summed E-state index contributed by atoms with van der Waals surface area (Å²) in [6, 6.07) is 0. The minimum Gasteiger partial charge on any atom is -0.379 e. The molecule has 4 nitrogen and oxygen atoms in total. The summed E-state index contributed by atoms with van der Waals surface area (Å²) in [7, 11) is 0. The molecule has 1 fully saturated rings. The van der Waals surface area contributed by atoms with E-state index in [1.165, 1.54) is 38.5 Å². The van der Waals surface area contributed by atoms with Crippen LogP contribution in [0.25, 0.3) is 0 Å². The Morgan fingerprint density at radius 2 is 1.77 bits per heavy atom. The second kappa shape index (κ2) is 11.9. The largest absolute Gasteiger partial charge is 0.379 e. The zero-order chi connectivity index (χ0) is 16.2. The molecule has 0 radical (unpaired) electrons. The van der Waals surface area contributed by atoms with Crippen LogP contribution in [0, 0.1) is 5.92 Å². The second-order valence-corrected chi connectivity index (χ2v) is 6.79. The lowest BCUT2D eigenvalue weighted by atomic mass is 9.99. The van der Waals surface area contributed by atoms with Gasteiger partial charge in [0.25, 0.3) is 0 Å². The van der Waals surface area contributed by atoms with E-state index in [0.29, 0.717) is 6.10 Å². The standard InChI is InChI=1S/C18H36N2O2/c1-4-12-20-14-17(15-20)18(21)19-11-9-7-5-6-8-10-13-22-16(2)3/h16-17H,4-15H2,1-3H3,(H,19,21). The fourth-order valence-corrected chi connectivity index (χ4v) is 2.84. The molecule has 22 heavy (non-hydrogen) atoms. The number of hydrogen-bond acceptors (Lipinski definition) is 3. The molecular formula is C18H36N2O2. The lowest BCUT2D eigenvalue weighted by Crippen LogP contribution is -2.53. The summed E-state index contributed by atoms with van der Waals surface area (Å²) < 4.78 is 5.52. The van der Waals surface area contributed by atoms with Crippen LogP contribution >= 0.6 is 0 Å². The number of nitrogens with zero attached hydrogens (tertiary/aromatic N) is 1. The maximum absolute atomic E-state index is 11.9. The summed E-state index contributed by atoms with van der Waals surface area (Å²) in [5, 5.41) is 3.09. The lowest BCUT2D eigenvalue weighted by Gasteiger charge is -2.38. The smallest absolute Gasteiger partial charge is 0.225 e. The first-order chi connectivity index (χ1) is 10.6. The Morgan fingerprint density at radius 3 is 2.41 bits per heavy atom. The van der Waals surface area contributed by atoms with Gasteiger partial charge in [0.2, 0.25) is 5.91 Å². The molecule has 0 unspecified atom stereocenters. The molecule has 0 aromatic heterocycles. The van der Waals surface area contributed by atoms with Gasteiger partial charge in [-0.3, -0.25) is 4.79 Å². The van der Waals surface area contributed by atoms with Crippen molar-refractivity contribution in [3.8, 4) is 0 Å². The van der Waals surface area contributed by atoms with Crippen LogP contribution in [0.4, 0.5) is 0 Å². The predicted molar refractivity (Wildman–Crippen MR) is 92.0 cm³/mol. The van der Waals surface area contributed by atoms with Gasteiger partial charge >= 0.3 is 0 Å². The third-order valence-electron chi connectivity index (χ3n) is 4.19. The molecule has 1 rings (SSSR count). The Hall–Kier alpha value is -0.610. The second-order valence-electron chi connectivity index (χ2n) is 6.79. The molecule has 1 saturated heterocycles. The first-order valence-corrected chi connectivity index (χ1v) is 9.25. The number of hydrogen-bond donors (Lipinski definition) is 1. The van der Waals surface area contributed by atoms with E-state index < -0.39 is 0 Å². The number of amides is 1. The van der Waals surface area contributed by atoms with Gasteiger partial charge in [0.1, 0.15) is 0 Å². The van der Waals surface area contributed by atoms with Crippen LogP contribution in [0.5, 0.6) is 0 Å². The van der Waals surface area contributed by atoms with Gasteiger partial charge < -0.3 is 15.0 Å². The summed E-state index contributed by atoms with van der Waals surface area (Å²) in [6.07, 6.45) is 8.85. The van der Waals surface area contributed by atoms with Crippen molar-refractivity contribution in [2.24, 2.45) is 5.92 Å². The fraction of sp³-hybridized carbons (Fsp3) is 0.944. The molecule has 4 heteroatoms. The summed E-state index contributed by atoms with van der Waals surface area (Å²) in [5.74, 6) is 0.505. The van der Waals surface area contributed by atoms with E-state index >= 15 is 0 Å². The molecule has 0 atom stereocenters. The van der Waals surface area contributed by atoms with Gasteiger partial charge in [0, 0.05) is 26.2 Å². The van der Waals surface area contributed by atoms with Crippen LogP contribution < -0.4 is 5.32 Å². The quantitative estimate of drug-likeness (QED) is 0.531. The molecule has 0 saturated carbocycles. The van der Waals surface area contributed by atoms with E-state index in [9.17, 15) is 4.79 Å². The van der Waals surface area contributed by atoms with Gasteiger partial charge in [-0.25, -0.2) is 0 Å². The summed E-state index contributed by atoms with van der Waals surface area (Å²) in [5.41, 5.74) is 0.